The minimum Gasteiger partial charge on any atom is -0.342 e. The second-order valence-electron chi connectivity index (χ2n) is 11.3. The molecule has 186 valence electrons. The molecule has 0 radical (unpaired) electrons. The number of hydrogen-bond acceptors (Lipinski definition) is 4. The van der Waals surface area contributed by atoms with Gasteiger partial charge in [-0.15, -0.1) is 0 Å². The Hall–Kier alpha value is -2.80. The highest BCUT2D eigenvalue weighted by Gasteiger charge is 2.58. The normalized spacial score (nSPS) is 23.6. The summed E-state index contributed by atoms with van der Waals surface area (Å²) in [5.41, 5.74) is 3.67. The molecule has 5 aliphatic rings. The molecule has 7 heteroatoms. The molecule has 0 N–H and O–H groups in total. The number of amides is 2. The fraction of sp³-hybridized carbons (Fsp3) is 0.483. The fourth-order valence-electron chi connectivity index (χ4n) is 5.56. The summed E-state index contributed by atoms with van der Waals surface area (Å²) in [6.45, 7) is 4.20. The summed E-state index contributed by atoms with van der Waals surface area (Å²) < 4.78 is 12.7. The van der Waals surface area contributed by atoms with E-state index in [1.54, 1.807) is 0 Å². The molecule has 36 heavy (non-hydrogen) atoms. The minimum absolute atomic E-state index is 0.128. The summed E-state index contributed by atoms with van der Waals surface area (Å²) >= 11 is 0. The summed E-state index contributed by atoms with van der Waals surface area (Å²) in [5.74, 6) is 1.77. The van der Waals surface area contributed by atoms with Gasteiger partial charge in [-0.2, -0.15) is 0 Å². The molecular formula is C29H31N3O3S. The number of aliphatic imine (C=N–C) groups is 1. The van der Waals surface area contributed by atoms with Crippen molar-refractivity contribution in [3.05, 3.63) is 53.6 Å². The first-order valence-electron chi connectivity index (χ1n) is 13.2. The van der Waals surface area contributed by atoms with E-state index in [9.17, 15) is 13.8 Å². The highest BCUT2D eigenvalue weighted by atomic mass is 32.2. The van der Waals surface area contributed by atoms with Crippen LogP contribution in [0.1, 0.15) is 49.7 Å². The zero-order valence-electron chi connectivity index (χ0n) is 20.6. The number of nitrogens with zero attached hydrogens (tertiary/aromatic N) is 3. The molecule has 2 aromatic rings. The van der Waals surface area contributed by atoms with Crippen LogP contribution in [-0.4, -0.2) is 62.1 Å². The van der Waals surface area contributed by atoms with E-state index in [1.165, 1.54) is 0 Å². The monoisotopic (exact) mass is 501 g/mol. The lowest BCUT2D eigenvalue weighted by Crippen LogP contribution is -2.55. The molecule has 3 saturated carbocycles. The van der Waals surface area contributed by atoms with Crippen LogP contribution in [0.5, 0.6) is 0 Å². The summed E-state index contributed by atoms with van der Waals surface area (Å²) in [5, 5.41) is 0.317. The molecule has 7 rings (SSSR count). The van der Waals surface area contributed by atoms with Crippen LogP contribution in [-0.2, 0) is 20.4 Å². The Labute approximate surface area is 214 Å². The molecule has 4 fully saturated rings. The highest BCUT2D eigenvalue weighted by Crippen LogP contribution is 2.46. The molecule has 2 heterocycles. The van der Waals surface area contributed by atoms with E-state index in [-0.39, 0.29) is 11.8 Å². The topological polar surface area (TPSA) is 70.1 Å². The summed E-state index contributed by atoms with van der Waals surface area (Å²) in [6, 6.07) is 14.4. The number of aryl methyl sites for hydroxylation is 1. The summed E-state index contributed by atoms with van der Waals surface area (Å²) in [7, 11) is -0.924. The first kappa shape index (κ1) is 22.4. The fourth-order valence-corrected chi connectivity index (χ4v) is 6.96. The van der Waals surface area contributed by atoms with Crippen molar-refractivity contribution >= 4 is 28.4 Å². The minimum atomic E-state index is -0.924. The van der Waals surface area contributed by atoms with Crippen LogP contribution in [0.15, 0.2) is 52.4 Å². The van der Waals surface area contributed by atoms with E-state index in [2.05, 4.69) is 37.3 Å². The molecule has 1 unspecified atom stereocenters. The third kappa shape index (κ3) is 3.83. The van der Waals surface area contributed by atoms with E-state index in [1.807, 2.05) is 21.9 Å². The Morgan fingerprint density at radius 1 is 1.06 bits per heavy atom. The molecule has 1 atom stereocenters. The number of carbonyl (C=O) groups is 2. The van der Waals surface area contributed by atoms with Crippen molar-refractivity contribution in [3.8, 4) is 11.1 Å². The Morgan fingerprint density at radius 2 is 1.81 bits per heavy atom. The average Bonchev–Trinajstić information content (AvgIpc) is 3.72. The van der Waals surface area contributed by atoms with Crippen molar-refractivity contribution < 1.29 is 13.8 Å². The van der Waals surface area contributed by atoms with Gasteiger partial charge in [0.15, 0.2) is 0 Å². The molecule has 2 aliphatic heterocycles. The van der Waals surface area contributed by atoms with Crippen molar-refractivity contribution in [2.24, 2.45) is 16.8 Å². The summed E-state index contributed by atoms with van der Waals surface area (Å²) in [6.07, 6.45) is 5.82. The van der Waals surface area contributed by atoms with Gasteiger partial charge in [0.1, 0.15) is 11.4 Å². The Kier molecular flexibility index (Phi) is 5.04. The second-order valence-corrected chi connectivity index (χ2v) is 13.1. The van der Waals surface area contributed by atoms with Gasteiger partial charge in [-0.1, -0.05) is 30.3 Å². The van der Waals surface area contributed by atoms with Crippen LogP contribution >= 0.6 is 0 Å². The van der Waals surface area contributed by atoms with Crippen molar-refractivity contribution in [1.82, 2.24) is 9.80 Å². The van der Waals surface area contributed by atoms with Crippen molar-refractivity contribution in [2.45, 2.75) is 61.1 Å². The van der Waals surface area contributed by atoms with Crippen LogP contribution in [0.25, 0.3) is 11.1 Å². The number of hydrogen-bond donors (Lipinski definition) is 0. The quantitative estimate of drug-likeness (QED) is 0.577. The zero-order valence-corrected chi connectivity index (χ0v) is 21.4. The lowest BCUT2D eigenvalue weighted by Gasteiger charge is -2.41. The van der Waals surface area contributed by atoms with E-state index in [0.29, 0.717) is 23.6 Å². The zero-order chi connectivity index (χ0) is 24.6. The first-order chi connectivity index (χ1) is 17.4. The van der Waals surface area contributed by atoms with Crippen molar-refractivity contribution in [1.29, 1.82) is 0 Å². The molecule has 2 amide bonds. The molecular weight excluding hydrogens is 470 g/mol. The van der Waals surface area contributed by atoms with Gasteiger partial charge in [0.25, 0.3) is 5.91 Å². The maximum Gasteiger partial charge on any atom is 0.256 e. The Balaban J connectivity index is 1.12. The number of likely N-dealkylation sites (tertiary alicyclic amines) is 1. The third-order valence-corrected chi connectivity index (χ3v) is 10.1. The molecule has 1 spiro atoms. The Bertz CT molecular complexity index is 1330. The van der Waals surface area contributed by atoms with Gasteiger partial charge in [-0.25, -0.2) is 0 Å². The average molecular weight is 502 g/mol. The lowest BCUT2D eigenvalue weighted by molar-refractivity contribution is -0.139. The maximum atomic E-state index is 13.3. The van der Waals surface area contributed by atoms with Crippen LogP contribution in [0.2, 0.25) is 0 Å². The molecule has 2 aromatic carbocycles. The van der Waals surface area contributed by atoms with Crippen LogP contribution in [0.3, 0.4) is 0 Å². The lowest BCUT2D eigenvalue weighted by atomic mass is 9.96. The second kappa shape index (κ2) is 8.10. The summed E-state index contributed by atoms with van der Waals surface area (Å²) in [4.78, 5) is 35.4. The smallest absolute Gasteiger partial charge is 0.256 e. The Morgan fingerprint density at radius 3 is 2.47 bits per heavy atom. The standard InChI is InChI=1S/C29H31N3O3S/c1-18-13-22(21-3-2-4-24(14-21)36(35)23-8-9-23)7-10-25(18)26-30-29(11-12-29)28(34)32(26)17-19-15-31(16-19)27(33)20-5-6-20/h2-4,7,10,13-14,19-20,23H,5-6,8-9,11-12,15-17H2,1H3. The first-order valence-corrected chi connectivity index (χ1v) is 14.5. The van der Waals surface area contributed by atoms with Crippen LogP contribution < -0.4 is 0 Å². The third-order valence-electron chi connectivity index (χ3n) is 8.27. The van der Waals surface area contributed by atoms with Crippen molar-refractivity contribution in [3.63, 3.8) is 0 Å². The highest BCUT2D eigenvalue weighted by molar-refractivity contribution is 7.86. The van der Waals surface area contributed by atoms with Crippen LogP contribution in [0.4, 0.5) is 0 Å². The predicted octanol–water partition coefficient (Wildman–Crippen LogP) is 3.92. The van der Waals surface area contributed by atoms with Crippen molar-refractivity contribution in [2.75, 3.05) is 19.6 Å². The predicted molar refractivity (Wildman–Crippen MR) is 139 cm³/mol. The van der Waals surface area contributed by atoms with Gasteiger partial charge < -0.3 is 4.90 Å². The van der Waals surface area contributed by atoms with Gasteiger partial charge in [0, 0.05) is 47.2 Å². The maximum absolute atomic E-state index is 13.3. The largest absolute Gasteiger partial charge is 0.342 e. The van der Waals surface area contributed by atoms with Gasteiger partial charge in [0.05, 0.1) is 10.8 Å². The number of amidine groups is 1. The van der Waals surface area contributed by atoms with E-state index in [0.717, 1.165) is 84.6 Å². The van der Waals surface area contributed by atoms with Crippen LogP contribution in [0, 0.1) is 18.8 Å². The SMILES string of the molecule is Cc1cc(-c2cccc(S(=O)C3CC3)c2)ccc1C1=NC2(CC2)C(=O)N1CC1CN(C(=O)C2CC2)C1. The van der Waals surface area contributed by atoms with Gasteiger partial charge in [0.2, 0.25) is 5.91 Å². The molecule has 3 aliphatic carbocycles. The van der Waals surface area contributed by atoms with Gasteiger partial charge in [-0.05, 0) is 74.3 Å². The molecule has 0 aromatic heterocycles. The number of carbonyl (C=O) groups excluding carboxylic acids is 2. The molecule has 0 bridgehead atoms. The van der Waals surface area contributed by atoms with E-state index < -0.39 is 16.3 Å². The van der Waals surface area contributed by atoms with Gasteiger partial charge >= 0.3 is 0 Å². The molecule has 1 saturated heterocycles. The van der Waals surface area contributed by atoms with E-state index in [4.69, 9.17) is 4.99 Å². The van der Waals surface area contributed by atoms with E-state index >= 15 is 0 Å². The van der Waals surface area contributed by atoms with Gasteiger partial charge in [-0.3, -0.25) is 23.7 Å². The number of benzene rings is 2. The molecule has 6 nitrogen and oxygen atoms in total. The number of rotatable bonds is 7.